The smallest absolute Gasteiger partial charge is 0.0464 e. The van der Waals surface area contributed by atoms with Crippen LogP contribution in [0.25, 0.3) is 0 Å². The van der Waals surface area contributed by atoms with Crippen LogP contribution in [0.3, 0.4) is 0 Å². The maximum Gasteiger partial charge on any atom is 0.0464 e. The molecule has 0 fully saturated rings. The summed E-state index contributed by atoms with van der Waals surface area (Å²) in [6.07, 6.45) is 5.82. The molecule has 0 saturated carbocycles. The molecule has 2 unspecified atom stereocenters. The van der Waals surface area contributed by atoms with E-state index in [-0.39, 0.29) is 0 Å². The van der Waals surface area contributed by atoms with Crippen molar-refractivity contribution in [1.82, 2.24) is 0 Å². The van der Waals surface area contributed by atoms with Crippen LogP contribution in [-0.2, 0) is 0 Å². The maximum absolute atomic E-state index is 2.35. The van der Waals surface area contributed by atoms with Gasteiger partial charge in [-0.15, -0.1) is 0 Å². The Morgan fingerprint density at radius 1 is 1.38 bits per heavy atom. The van der Waals surface area contributed by atoms with Crippen LogP contribution < -0.4 is 0 Å². The number of rotatable bonds is 5. The Labute approximate surface area is 56.3 Å². The zero-order valence-corrected chi connectivity index (χ0v) is 8.06. The Kier molecular flexibility index (Phi) is 8.70. The van der Waals surface area contributed by atoms with Crippen LogP contribution in [0.4, 0.5) is 0 Å². The summed E-state index contributed by atoms with van der Waals surface area (Å²) in [5.74, 6) is 0. The van der Waals surface area contributed by atoms with E-state index in [2.05, 4.69) is 13.6 Å². The quantitative estimate of drug-likeness (QED) is 0.418. The molecule has 0 aromatic heterocycles. The van der Waals surface area contributed by atoms with Crippen molar-refractivity contribution >= 4 is 16.5 Å². The van der Waals surface area contributed by atoms with Crippen molar-refractivity contribution in [3.63, 3.8) is 0 Å². The molecule has 0 spiro atoms. The van der Waals surface area contributed by atoms with Crippen LogP contribution in [0.5, 0.6) is 0 Å². The molecule has 0 aromatic rings. The van der Waals surface area contributed by atoms with Gasteiger partial charge in [0.15, 0.2) is 0 Å². The number of unbranched alkanes of at least 4 members (excludes halogenated alkanes) is 2. The van der Waals surface area contributed by atoms with E-state index in [1.807, 2.05) is 0 Å². The molecule has 0 aliphatic carbocycles. The summed E-state index contributed by atoms with van der Waals surface area (Å²) >= 11 is 0. The van der Waals surface area contributed by atoms with Gasteiger partial charge in [0.05, 0.1) is 0 Å². The second-order valence-corrected chi connectivity index (χ2v) is 6.39. The second kappa shape index (κ2) is 7.86. The normalized spacial score (nSPS) is 12.8. The monoisotopic (exact) mass is 151 g/mol. The predicted molar refractivity (Wildman–Crippen MR) is 48.3 cm³/mol. The molecule has 0 aromatic carbocycles. The van der Waals surface area contributed by atoms with E-state index in [0.717, 1.165) is 8.27 Å². The van der Waals surface area contributed by atoms with Crippen LogP contribution in [0.15, 0.2) is 0 Å². The average molecular weight is 151 g/mol. The van der Waals surface area contributed by atoms with Crippen molar-refractivity contribution in [3.05, 3.63) is 0 Å². The van der Waals surface area contributed by atoms with E-state index in [1.54, 1.807) is 0 Å². The summed E-state index contributed by atoms with van der Waals surface area (Å²) in [6.45, 7) is 4.62. The largest absolute Gasteiger partial charge is 0.0654 e. The minimum Gasteiger partial charge on any atom is -0.0654 e. The van der Waals surface area contributed by atoms with E-state index in [0.29, 0.717) is 0 Å². The summed E-state index contributed by atoms with van der Waals surface area (Å²) in [5, 5.41) is 0. The molecule has 0 radical (unpaired) electrons. The fraction of sp³-hybridized carbons (Fsp3) is 1.00. The molecule has 0 rings (SSSR count). The standard InChI is InChI=1S/C6H16P2/c1-3-4-5-6-8-7-2/h7-8H,3-6H2,1-2H3/p+1. The van der Waals surface area contributed by atoms with Gasteiger partial charge >= 0.3 is 0 Å². The molecular formula is C6H17P2+. The third-order valence-electron chi connectivity index (χ3n) is 1.13. The predicted octanol–water partition coefficient (Wildman–Crippen LogP) is 2.81. The zero-order valence-electron chi connectivity index (χ0n) is 5.91. The van der Waals surface area contributed by atoms with Gasteiger partial charge in [0.25, 0.3) is 0 Å². The Morgan fingerprint density at radius 3 is 2.62 bits per heavy atom. The third kappa shape index (κ3) is 6.86. The van der Waals surface area contributed by atoms with Gasteiger partial charge < -0.3 is 0 Å². The minimum atomic E-state index is 0.805. The molecule has 0 heterocycles. The second-order valence-electron chi connectivity index (χ2n) is 1.95. The third-order valence-corrected chi connectivity index (χ3v) is 4.27. The molecule has 2 atom stereocenters. The molecule has 0 saturated heterocycles. The van der Waals surface area contributed by atoms with Crippen LogP contribution in [-0.4, -0.2) is 12.8 Å². The minimum absolute atomic E-state index is 0.805. The molecule has 2 heteroatoms. The Balaban J connectivity index is 2.53. The van der Waals surface area contributed by atoms with E-state index in [4.69, 9.17) is 0 Å². The van der Waals surface area contributed by atoms with Crippen molar-refractivity contribution in [3.8, 4) is 0 Å². The van der Waals surface area contributed by atoms with Gasteiger partial charge in [-0.2, -0.15) is 0 Å². The highest BCUT2D eigenvalue weighted by Gasteiger charge is 1.87. The van der Waals surface area contributed by atoms with E-state index in [1.165, 1.54) is 33.7 Å². The molecule has 50 valence electrons. The molecular weight excluding hydrogens is 134 g/mol. The summed E-state index contributed by atoms with van der Waals surface area (Å²) in [6, 6.07) is 0. The molecule has 0 nitrogen and oxygen atoms in total. The first-order valence-corrected chi connectivity index (χ1v) is 7.60. The van der Waals surface area contributed by atoms with Gasteiger partial charge in [-0.05, 0) is 20.9 Å². The van der Waals surface area contributed by atoms with Crippen molar-refractivity contribution in [2.75, 3.05) is 12.8 Å². The Hall–Kier alpha value is 0.860. The lowest BCUT2D eigenvalue weighted by Crippen LogP contribution is -1.72. The average Bonchev–Trinajstić information content (AvgIpc) is 1.81. The lowest BCUT2D eigenvalue weighted by molar-refractivity contribution is 0.778. The fourth-order valence-corrected chi connectivity index (χ4v) is 2.84. The SMILES string of the molecule is CCCCCP[PH2+]C. The summed E-state index contributed by atoms with van der Waals surface area (Å²) < 4.78 is 0. The maximum atomic E-state index is 2.35. The zero-order chi connectivity index (χ0) is 6.24. The van der Waals surface area contributed by atoms with Crippen LogP contribution in [0.2, 0.25) is 0 Å². The van der Waals surface area contributed by atoms with Crippen molar-refractivity contribution in [2.45, 2.75) is 26.2 Å². The summed E-state index contributed by atoms with van der Waals surface area (Å²) in [4.78, 5) is 0. The van der Waals surface area contributed by atoms with Crippen molar-refractivity contribution in [2.24, 2.45) is 0 Å². The summed E-state index contributed by atoms with van der Waals surface area (Å²) in [5.41, 5.74) is 0. The highest BCUT2D eigenvalue weighted by molar-refractivity contribution is 8.11. The van der Waals surface area contributed by atoms with Crippen LogP contribution in [0.1, 0.15) is 26.2 Å². The molecule has 0 N–H and O–H groups in total. The fourth-order valence-electron chi connectivity index (χ4n) is 0.621. The molecule has 8 heavy (non-hydrogen) atoms. The first-order chi connectivity index (χ1) is 3.91. The van der Waals surface area contributed by atoms with E-state index >= 15 is 0 Å². The van der Waals surface area contributed by atoms with Crippen LogP contribution in [0, 0.1) is 0 Å². The number of hydrogen-bond acceptors (Lipinski definition) is 0. The van der Waals surface area contributed by atoms with E-state index < -0.39 is 0 Å². The molecule has 0 amide bonds. The van der Waals surface area contributed by atoms with Gasteiger partial charge in [0.2, 0.25) is 0 Å². The van der Waals surface area contributed by atoms with Crippen molar-refractivity contribution in [1.29, 1.82) is 0 Å². The highest BCUT2D eigenvalue weighted by Crippen LogP contribution is 2.33. The lowest BCUT2D eigenvalue weighted by atomic mass is 10.3. The van der Waals surface area contributed by atoms with E-state index in [9.17, 15) is 0 Å². The first kappa shape index (κ1) is 8.86. The Bertz CT molecular complexity index is 31.5. The van der Waals surface area contributed by atoms with Gasteiger partial charge in [-0.25, -0.2) is 0 Å². The van der Waals surface area contributed by atoms with Crippen LogP contribution >= 0.6 is 16.5 Å². The number of hydrogen-bond donors (Lipinski definition) is 0. The van der Waals surface area contributed by atoms with Gasteiger partial charge in [0, 0.05) is 14.9 Å². The van der Waals surface area contributed by atoms with Gasteiger partial charge in [-0.3, -0.25) is 0 Å². The van der Waals surface area contributed by atoms with Crippen molar-refractivity contribution < 1.29 is 0 Å². The molecule has 0 aliphatic heterocycles. The summed E-state index contributed by atoms with van der Waals surface area (Å²) in [7, 11) is 2.11. The molecule has 0 bridgehead atoms. The van der Waals surface area contributed by atoms with Gasteiger partial charge in [0.1, 0.15) is 0 Å². The highest BCUT2D eigenvalue weighted by atomic mass is 32.0. The van der Waals surface area contributed by atoms with Gasteiger partial charge in [-0.1, -0.05) is 19.8 Å². The first-order valence-electron chi connectivity index (χ1n) is 3.43. The lowest BCUT2D eigenvalue weighted by Gasteiger charge is -1.90. The molecule has 0 aliphatic rings. The Morgan fingerprint density at radius 2 is 2.12 bits per heavy atom. The topological polar surface area (TPSA) is 0 Å².